The van der Waals surface area contributed by atoms with Crippen LogP contribution in [0.5, 0.6) is 0 Å². The van der Waals surface area contributed by atoms with E-state index in [1.165, 1.54) is 11.3 Å². The van der Waals surface area contributed by atoms with Crippen LogP contribution in [0.25, 0.3) is 10.6 Å². The molecule has 0 aliphatic carbocycles. The molecular formula is C15H20N4O3S. The largest absolute Gasteiger partial charge is 0.379 e. The molecule has 0 radical (unpaired) electrons. The van der Waals surface area contributed by atoms with Gasteiger partial charge in [0, 0.05) is 31.6 Å². The molecule has 1 fully saturated rings. The first kappa shape index (κ1) is 16.1. The normalized spacial score (nSPS) is 15.7. The summed E-state index contributed by atoms with van der Waals surface area (Å²) in [4.78, 5) is 18.9. The molecule has 2 aromatic rings. The minimum absolute atomic E-state index is 0.146. The van der Waals surface area contributed by atoms with Gasteiger partial charge in [0.05, 0.1) is 24.5 Å². The number of nitrogens with zero attached hydrogens (tertiary/aromatic N) is 3. The van der Waals surface area contributed by atoms with Crippen molar-refractivity contribution in [2.24, 2.45) is 0 Å². The van der Waals surface area contributed by atoms with E-state index in [4.69, 9.17) is 9.26 Å². The maximum absolute atomic E-state index is 12.2. The number of amides is 1. The van der Waals surface area contributed by atoms with Gasteiger partial charge in [-0.1, -0.05) is 5.16 Å². The molecule has 1 saturated heterocycles. The van der Waals surface area contributed by atoms with Crippen LogP contribution in [0.4, 0.5) is 0 Å². The van der Waals surface area contributed by atoms with Crippen LogP contribution in [0.2, 0.25) is 0 Å². The lowest BCUT2D eigenvalue weighted by molar-refractivity contribution is 0.0383. The molecule has 0 bridgehead atoms. The lowest BCUT2D eigenvalue weighted by atomic mass is 10.2. The third-order valence-corrected chi connectivity index (χ3v) is 4.66. The number of aromatic nitrogens is 2. The molecule has 1 aliphatic rings. The molecule has 1 amide bonds. The molecule has 0 aromatic carbocycles. The molecule has 8 heteroatoms. The molecule has 7 nitrogen and oxygen atoms in total. The van der Waals surface area contributed by atoms with Crippen molar-refractivity contribution in [3.8, 4) is 10.6 Å². The van der Waals surface area contributed by atoms with Crippen molar-refractivity contribution in [3.63, 3.8) is 0 Å². The van der Waals surface area contributed by atoms with Crippen molar-refractivity contribution in [2.75, 3.05) is 39.4 Å². The third kappa shape index (κ3) is 3.77. The summed E-state index contributed by atoms with van der Waals surface area (Å²) in [5.41, 5.74) is 2.10. The van der Waals surface area contributed by atoms with Crippen molar-refractivity contribution in [2.45, 2.75) is 13.8 Å². The Bertz CT molecular complexity index is 657. The molecule has 23 heavy (non-hydrogen) atoms. The zero-order valence-electron chi connectivity index (χ0n) is 13.3. The standard InChI is InChI=1S/C15H20N4O3S/c1-10-13(11(2)22-18-10)15-17-12(9-23-15)14(20)16-3-4-19-5-7-21-8-6-19/h9H,3-8H2,1-2H3,(H,16,20). The van der Waals surface area contributed by atoms with E-state index < -0.39 is 0 Å². The Labute approximate surface area is 138 Å². The van der Waals surface area contributed by atoms with Crippen LogP contribution >= 0.6 is 11.3 Å². The molecular weight excluding hydrogens is 316 g/mol. The van der Waals surface area contributed by atoms with Crippen LogP contribution in [0.1, 0.15) is 21.9 Å². The van der Waals surface area contributed by atoms with E-state index in [9.17, 15) is 4.79 Å². The average molecular weight is 336 g/mol. The van der Waals surface area contributed by atoms with Gasteiger partial charge in [-0.05, 0) is 13.8 Å². The van der Waals surface area contributed by atoms with Gasteiger partial charge >= 0.3 is 0 Å². The Morgan fingerprint density at radius 3 is 2.87 bits per heavy atom. The predicted molar refractivity (Wildman–Crippen MR) is 86.7 cm³/mol. The maximum atomic E-state index is 12.2. The van der Waals surface area contributed by atoms with Gasteiger partial charge in [-0.3, -0.25) is 9.69 Å². The number of thiazole rings is 1. The molecule has 124 valence electrons. The van der Waals surface area contributed by atoms with Gasteiger partial charge in [-0.15, -0.1) is 11.3 Å². The lowest BCUT2D eigenvalue weighted by Crippen LogP contribution is -2.41. The van der Waals surface area contributed by atoms with Crippen molar-refractivity contribution in [1.82, 2.24) is 20.4 Å². The molecule has 0 unspecified atom stereocenters. The fourth-order valence-electron chi connectivity index (χ4n) is 2.52. The summed E-state index contributed by atoms with van der Waals surface area (Å²) in [6.07, 6.45) is 0. The fourth-order valence-corrected chi connectivity index (χ4v) is 3.47. The molecule has 2 aromatic heterocycles. The third-order valence-electron chi connectivity index (χ3n) is 3.80. The zero-order chi connectivity index (χ0) is 16.2. The Kier molecular flexibility index (Phi) is 5.04. The van der Waals surface area contributed by atoms with Crippen LogP contribution < -0.4 is 5.32 Å². The summed E-state index contributed by atoms with van der Waals surface area (Å²) in [5, 5.41) is 9.37. The van der Waals surface area contributed by atoms with Crippen LogP contribution in [0.15, 0.2) is 9.90 Å². The van der Waals surface area contributed by atoms with Gasteiger partial charge in [0.15, 0.2) is 0 Å². The topological polar surface area (TPSA) is 80.5 Å². The Morgan fingerprint density at radius 1 is 1.39 bits per heavy atom. The molecule has 3 rings (SSSR count). The quantitative estimate of drug-likeness (QED) is 0.891. The highest BCUT2D eigenvalue weighted by Crippen LogP contribution is 2.29. The van der Waals surface area contributed by atoms with Gasteiger partial charge in [0.2, 0.25) is 0 Å². The lowest BCUT2D eigenvalue weighted by Gasteiger charge is -2.26. The number of ether oxygens (including phenoxy) is 1. The predicted octanol–water partition coefficient (Wildman–Crippen LogP) is 1.48. The van der Waals surface area contributed by atoms with Gasteiger partial charge in [-0.25, -0.2) is 4.98 Å². The summed E-state index contributed by atoms with van der Waals surface area (Å²) in [5.74, 6) is 0.573. The number of nitrogens with one attached hydrogen (secondary N) is 1. The van der Waals surface area contributed by atoms with E-state index >= 15 is 0 Å². The molecule has 1 N–H and O–H groups in total. The Morgan fingerprint density at radius 2 is 2.17 bits per heavy atom. The van der Waals surface area contributed by atoms with Crippen molar-refractivity contribution in [1.29, 1.82) is 0 Å². The Balaban J connectivity index is 1.56. The van der Waals surface area contributed by atoms with Crippen LogP contribution in [-0.2, 0) is 4.74 Å². The number of carbonyl (C=O) groups is 1. The van der Waals surface area contributed by atoms with E-state index in [0.717, 1.165) is 54.9 Å². The summed E-state index contributed by atoms with van der Waals surface area (Å²) >= 11 is 1.43. The van der Waals surface area contributed by atoms with E-state index in [2.05, 4.69) is 20.4 Å². The average Bonchev–Trinajstić information content (AvgIpc) is 3.15. The minimum Gasteiger partial charge on any atom is -0.379 e. The maximum Gasteiger partial charge on any atom is 0.270 e. The number of hydrogen-bond acceptors (Lipinski definition) is 7. The number of hydrogen-bond donors (Lipinski definition) is 1. The summed E-state index contributed by atoms with van der Waals surface area (Å²) in [6, 6.07) is 0. The van der Waals surface area contributed by atoms with E-state index in [1.807, 2.05) is 13.8 Å². The van der Waals surface area contributed by atoms with Crippen molar-refractivity contribution in [3.05, 3.63) is 22.5 Å². The second-order valence-electron chi connectivity index (χ2n) is 5.45. The molecule has 1 aliphatic heterocycles. The first-order valence-corrected chi connectivity index (χ1v) is 8.50. The molecule has 3 heterocycles. The van der Waals surface area contributed by atoms with Crippen LogP contribution in [0, 0.1) is 13.8 Å². The second kappa shape index (κ2) is 7.20. The fraction of sp³-hybridized carbons (Fsp3) is 0.533. The first-order valence-electron chi connectivity index (χ1n) is 7.62. The van der Waals surface area contributed by atoms with Crippen LogP contribution in [-0.4, -0.2) is 60.3 Å². The number of morpholine rings is 1. The second-order valence-corrected chi connectivity index (χ2v) is 6.31. The molecule has 0 atom stereocenters. The summed E-state index contributed by atoms with van der Waals surface area (Å²) < 4.78 is 10.5. The van der Waals surface area contributed by atoms with Crippen molar-refractivity contribution < 1.29 is 14.1 Å². The van der Waals surface area contributed by atoms with E-state index in [1.54, 1.807) is 5.38 Å². The van der Waals surface area contributed by atoms with Crippen molar-refractivity contribution >= 4 is 17.2 Å². The van der Waals surface area contributed by atoms with Gasteiger partial charge in [0.25, 0.3) is 5.91 Å². The van der Waals surface area contributed by atoms with Gasteiger partial charge in [-0.2, -0.15) is 0 Å². The number of rotatable bonds is 5. The SMILES string of the molecule is Cc1noc(C)c1-c1nc(C(=O)NCCN2CCOCC2)cs1. The summed E-state index contributed by atoms with van der Waals surface area (Å²) in [6.45, 7) is 8.52. The van der Waals surface area contributed by atoms with Gasteiger partial charge < -0.3 is 14.6 Å². The van der Waals surface area contributed by atoms with Crippen LogP contribution in [0.3, 0.4) is 0 Å². The summed E-state index contributed by atoms with van der Waals surface area (Å²) in [7, 11) is 0. The zero-order valence-corrected chi connectivity index (χ0v) is 14.1. The highest BCUT2D eigenvalue weighted by Gasteiger charge is 2.18. The number of carbonyl (C=O) groups excluding carboxylic acids is 1. The smallest absolute Gasteiger partial charge is 0.270 e. The first-order chi connectivity index (χ1) is 11.1. The molecule has 0 spiro atoms. The highest BCUT2D eigenvalue weighted by molar-refractivity contribution is 7.13. The molecule has 0 saturated carbocycles. The monoisotopic (exact) mass is 336 g/mol. The Hall–Kier alpha value is -1.77. The number of aryl methyl sites for hydroxylation is 2. The van der Waals surface area contributed by atoms with E-state index in [0.29, 0.717) is 12.2 Å². The minimum atomic E-state index is -0.146. The van der Waals surface area contributed by atoms with E-state index in [-0.39, 0.29) is 5.91 Å². The van der Waals surface area contributed by atoms with Gasteiger partial charge in [0.1, 0.15) is 16.5 Å². The highest BCUT2D eigenvalue weighted by atomic mass is 32.1.